The summed E-state index contributed by atoms with van der Waals surface area (Å²) in [6.07, 6.45) is -4.41. The number of alkyl halides is 3. The molecule has 19 heavy (non-hydrogen) atoms. The highest BCUT2D eigenvalue weighted by molar-refractivity contribution is 5.64. The van der Waals surface area contributed by atoms with E-state index in [9.17, 15) is 13.2 Å². The summed E-state index contributed by atoms with van der Waals surface area (Å²) < 4.78 is 37.8. The second kappa shape index (κ2) is 4.61. The van der Waals surface area contributed by atoms with Crippen molar-refractivity contribution in [2.45, 2.75) is 6.18 Å². The van der Waals surface area contributed by atoms with E-state index in [0.29, 0.717) is 0 Å². The number of nitrogens with two attached hydrogens (primary N) is 1. The van der Waals surface area contributed by atoms with Crippen LogP contribution in [0.4, 0.5) is 18.9 Å². The number of hydrogen-bond acceptors (Lipinski definition) is 3. The number of hydrogen-bond donors (Lipinski definition) is 1. The first-order chi connectivity index (χ1) is 8.91. The maximum absolute atomic E-state index is 12.6. The molecule has 1 aromatic heterocycles. The Morgan fingerprint density at radius 2 is 1.89 bits per heavy atom. The Labute approximate surface area is 107 Å². The first-order valence-corrected chi connectivity index (χ1v) is 5.26. The lowest BCUT2D eigenvalue weighted by Gasteiger charge is -2.08. The van der Waals surface area contributed by atoms with Crippen molar-refractivity contribution in [2.24, 2.45) is 0 Å². The third kappa shape index (κ3) is 2.65. The number of aromatic nitrogens is 1. The van der Waals surface area contributed by atoms with Crippen molar-refractivity contribution in [1.29, 1.82) is 5.26 Å². The maximum atomic E-state index is 12.6. The Morgan fingerprint density at radius 3 is 2.53 bits per heavy atom. The average molecular weight is 263 g/mol. The fraction of sp³-hybridized carbons (Fsp3) is 0.0769. The summed E-state index contributed by atoms with van der Waals surface area (Å²) in [6, 6.07) is 9.47. The normalized spacial score (nSPS) is 11.1. The highest BCUT2D eigenvalue weighted by atomic mass is 19.4. The van der Waals surface area contributed by atoms with Gasteiger partial charge in [-0.2, -0.15) is 18.4 Å². The van der Waals surface area contributed by atoms with Crippen LogP contribution in [0, 0.1) is 11.3 Å². The highest BCUT2D eigenvalue weighted by Crippen LogP contribution is 2.31. The number of rotatable bonds is 1. The van der Waals surface area contributed by atoms with Gasteiger partial charge < -0.3 is 5.73 Å². The standard InChI is InChI=1S/C13H8F3N3/c14-13(15,16)9-3-1-2-8(6-9)11-5-4-10(18)12(7-17)19-11/h1-6H,18H2. The molecule has 2 N–H and O–H groups in total. The van der Waals surface area contributed by atoms with E-state index in [0.717, 1.165) is 12.1 Å². The third-order valence-electron chi connectivity index (χ3n) is 2.52. The van der Waals surface area contributed by atoms with Gasteiger partial charge in [0.05, 0.1) is 16.9 Å². The first kappa shape index (κ1) is 12.9. The Hall–Kier alpha value is -2.55. The Balaban J connectivity index is 2.51. The van der Waals surface area contributed by atoms with Crippen LogP contribution in [-0.4, -0.2) is 4.98 Å². The van der Waals surface area contributed by atoms with Crippen molar-refractivity contribution < 1.29 is 13.2 Å². The van der Waals surface area contributed by atoms with Crippen LogP contribution < -0.4 is 5.73 Å². The van der Waals surface area contributed by atoms with Gasteiger partial charge in [-0.1, -0.05) is 12.1 Å². The summed E-state index contributed by atoms with van der Waals surface area (Å²) in [4.78, 5) is 3.93. The highest BCUT2D eigenvalue weighted by Gasteiger charge is 2.30. The topological polar surface area (TPSA) is 62.7 Å². The van der Waals surface area contributed by atoms with Crippen LogP contribution >= 0.6 is 0 Å². The molecule has 0 amide bonds. The van der Waals surface area contributed by atoms with E-state index in [1.165, 1.54) is 24.3 Å². The van der Waals surface area contributed by atoms with Gasteiger partial charge in [0.1, 0.15) is 6.07 Å². The van der Waals surface area contributed by atoms with Gasteiger partial charge in [0.25, 0.3) is 0 Å². The molecule has 1 aromatic carbocycles. The summed E-state index contributed by atoms with van der Waals surface area (Å²) >= 11 is 0. The van der Waals surface area contributed by atoms with E-state index >= 15 is 0 Å². The molecule has 0 radical (unpaired) electrons. The van der Waals surface area contributed by atoms with Crippen LogP contribution in [0.2, 0.25) is 0 Å². The van der Waals surface area contributed by atoms with E-state index in [4.69, 9.17) is 11.0 Å². The second-order valence-electron chi connectivity index (χ2n) is 3.82. The number of anilines is 1. The van der Waals surface area contributed by atoms with Gasteiger partial charge in [0.15, 0.2) is 5.69 Å². The zero-order valence-electron chi connectivity index (χ0n) is 9.57. The lowest BCUT2D eigenvalue weighted by molar-refractivity contribution is -0.137. The molecule has 3 nitrogen and oxygen atoms in total. The lowest BCUT2D eigenvalue weighted by Crippen LogP contribution is -2.04. The molecule has 2 rings (SSSR count). The molecule has 0 spiro atoms. The van der Waals surface area contributed by atoms with E-state index in [-0.39, 0.29) is 22.6 Å². The van der Waals surface area contributed by atoms with Gasteiger partial charge in [-0.3, -0.25) is 0 Å². The molecular formula is C13H8F3N3. The van der Waals surface area contributed by atoms with Crippen molar-refractivity contribution in [2.75, 3.05) is 5.73 Å². The zero-order valence-corrected chi connectivity index (χ0v) is 9.57. The summed E-state index contributed by atoms with van der Waals surface area (Å²) in [5, 5.41) is 8.80. The van der Waals surface area contributed by atoms with Gasteiger partial charge in [-0.15, -0.1) is 0 Å². The zero-order chi connectivity index (χ0) is 14.0. The molecule has 6 heteroatoms. The fourth-order valence-corrected chi connectivity index (χ4v) is 1.58. The Kier molecular flexibility index (Phi) is 3.13. The van der Waals surface area contributed by atoms with Crippen LogP contribution in [-0.2, 0) is 6.18 Å². The van der Waals surface area contributed by atoms with Crippen molar-refractivity contribution in [3.8, 4) is 17.3 Å². The first-order valence-electron chi connectivity index (χ1n) is 5.26. The van der Waals surface area contributed by atoms with E-state index in [1.54, 1.807) is 6.07 Å². The quantitative estimate of drug-likeness (QED) is 0.859. The molecular weight excluding hydrogens is 255 g/mol. The van der Waals surface area contributed by atoms with Crippen molar-refractivity contribution >= 4 is 5.69 Å². The summed E-state index contributed by atoms with van der Waals surface area (Å²) in [6.45, 7) is 0. The SMILES string of the molecule is N#Cc1nc(-c2cccc(C(F)(F)F)c2)ccc1N. The Bertz CT molecular complexity index is 657. The van der Waals surface area contributed by atoms with E-state index in [2.05, 4.69) is 4.98 Å². The predicted molar refractivity (Wildman–Crippen MR) is 63.8 cm³/mol. The molecule has 96 valence electrons. The van der Waals surface area contributed by atoms with Crippen molar-refractivity contribution in [3.63, 3.8) is 0 Å². The van der Waals surface area contributed by atoms with Crippen LogP contribution in [0.1, 0.15) is 11.3 Å². The lowest BCUT2D eigenvalue weighted by atomic mass is 10.1. The van der Waals surface area contributed by atoms with Gasteiger partial charge >= 0.3 is 6.18 Å². The molecule has 0 saturated carbocycles. The minimum atomic E-state index is -4.41. The van der Waals surface area contributed by atoms with E-state index in [1.807, 2.05) is 0 Å². The van der Waals surface area contributed by atoms with Crippen molar-refractivity contribution in [1.82, 2.24) is 4.98 Å². The van der Waals surface area contributed by atoms with Crippen LogP contribution in [0.25, 0.3) is 11.3 Å². The summed E-state index contributed by atoms with van der Waals surface area (Å²) in [7, 11) is 0. The van der Waals surface area contributed by atoms with Gasteiger partial charge in [-0.05, 0) is 24.3 Å². The number of pyridine rings is 1. The predicted octanol–water partition coefficient (Wildman–Crippen LogP) is 3.22. The number of nitrogens with zero attached hydrogens (tertiary/aromatic N) is 2. The average Bonchev–Trinajstić information content (AvgIpc) is 2.38. The number of nitriles is 1. The molecule has 0 aliphatic rings. The van der Waals surface area contributed by atoms with Crippen molar-refractivity contribution in [3.05, 3.63) is 47.7 Å². The summed E-state index contributed by atoms with van der Waals surface area (Å²) in [5.41, 5.74) is 5.50. The van der Waals surface area contributed by atoms with E-state index < -0.39 is 11.7 Å². The molecule has 0 bridgehead atoms. The smallest absolute Gasteiger partial charge is 0.396 e. The second-order valence-corrected chi connectivity index (χ2v) is 3.82. The Morgan fingerprint density at radius 1 is 1.16 bits per heavy atom. The number of halogens is 3. The number of nitrogen functional groups attached to an aromatic ring is 1. The fourth-order valence-electron chi connectivity index (χ4n) is 1.58. The van der Waals surface area contributed by atoms with Crippen LogP contribution in [0.3, 0.4) is 0 Å². The summed E-state index contributed by atoms with van der Waals surface area (Å²) in [5.74, 6) is 0. The van der Waals surface area contributed by atoms with Gasteiger partial charge in [-0.25, -0.2) is 4.98 Å². The van der Waals surface area contributed by atoms with Gasteiger partial charge in [0.2, 0.25) is 0 Å². The minimum absolute atomic E-state index is 0.00471. The molecule has 0 atom stereocenters. The molecule has 0 aliphatic carbocycles. The molecule has 1 heterocycles. The molecule has 0 fully saturated rings. The minimum Gasteiger partial charge on any atom is -0.396 e. The van der Waals surface area contributed by atoms with Gasteiger partial charge in [0, 0.05) is 5.56 Å². The van der Waals surface area contributed by atoms with Crippen LogP contribution in [0.15, 0.2) is 36.4 Å². The molecule has 2 aromatic rings. The maximum Gasteiger partial charge on any atom is 0.416 e. The molecule has 0 aliphatic heterocycles. The molecule has 0 saturated heterocycles. The third-order valence-corrected chi connectivity index (χ3v) is 2.52. The molecule has 0 unspecified atom stereocenters. The number of benzene rings is 1. The largest absolute Gasteiger partial charge is 0.416 e. The monoisotopic (exact) mass is 263 g/mol. The van der Waals surface area contributed by atoms with Crippen LogP contribution in [0.5, 0.6) is 0 Å².